The molecule has 0 radical (unpaired) electrons. The molecule has 0 spiro atoms. The van der Waals surface area contributed by atoms with Gasteiger partial charge in [-0.2, -0.15) is 17.5 Å². The van der Waals surface area contributed by atoms with Crippen LogP contribution in [0.25, 0.3) is 0 Å². The second-order valence-corrected chi connectivity index (χ2v) is 9.36. The number of sulfonamides is 1. The number of thiophene rings is 1. The van der Waals surface area contributed by atoms with Crippen LogP contribution in [-0.2, 0) is 16.2 Å². The van der Waals surface area contributed by atoms with Crippen molar-refractivity contribution in [2.24, 2.45) is 0 Å². The van der Waals surface area contributed by atoms with Gasteiger partial charge in [-0.3, -0.25) is 4.79 Å². The van der Waals surface area contributed by atoms with E-state index in [1.165, 1.54) is 11.3 Å². The Hall–Kier alpha value is -1.91. The third-order valence-electron chi connectivity index (χ3n) is 4.28. The average Bonchev–Trinajstić information content (AvgIpc) is 3.07. The number of alkyl halides is 3. The lowest BCUT2D eigenvalue weighted by Gasteiger charge is -2.33. The third-order valence-corrected chi connectivity index (χ3v) is 7.16. The van der Waals surface area contributed by atoms with Gasteiger partial charge in [-0.25, -0.2) is 8.42 Å². The summed E-state index contributed by atoms with van der Waals surface area (Å²) < 4.78 is 65.0. The van der Waals surface area contributed by atoms with E-state index < -0.39 is 26.7 Å². The van der Waals surface area contributed by atoms with E-state index in [1.807, 2.05) is 13.0 Å². The van der Waals surface area contributed by atoms with Crippen LogP contribution in [0.2, 0.25) is 0 Å². The van der Waals surface area contributed by atoms with Crippen LogP contribution >= 0.6 is 11.3 Å². The number of aryl methyl sites for hydroxylation is 1. The summed E-state index contributed by atoms with van der Waals surface area (Å²) in [6, 6.07) is 7.27. The number of nitrogens with zero attached hydrogens (tertiary/aromatic N) is 2. The molecule has 1 saturated heterocycles. The lowest BCUT2D eigenvalue weighted by Crippen LogP contribution is -2.50. The van der Waals surface area contributed by atoms with Crippen LogP contribution in [0.15, 0.2) is 41.3 Å². The number of benzene rings is 1. The Morgan fingerprint density at radius 3 is 2.30 bits per heavy atom. The molecule has 0 atom stereocenters. The summed E-state index contributed by atoms with van der Waals surface area (Å²) >= 11 is 1.37. The first-order valence-electron chi connectivity index (χ1n) is 8.12. The number of carbonyl (C=O) groups is 1. The van der Waals surface area contributed by atoms with Gasteiger partial charge in [0.2, 0.25) is 10.0 Å². The van der Waals surface area contributed by atoms with Crippen molar-refractivity contribution < 1.29 is 26.4 Å². The first kappa shape index (κ1) is 19.8. The molecule has 2 aromatic rings. The fourth-order valence-electron chi connectivity index (χ4n) is 2.82. The molecule has 1 aromatic heterocycles. The Kier molecular flexibility index (Phi) is 5.33. The normalized spacial score (nSPS) is 16.5. The minimum atomic E-state index is -4.62. The summed E-state index contributed by atoms with van der Waals surface area (Å²) in [5.41, 5.74) is -1.01. The van der Waals surface area contributed by atoms with E-state index in [1.54, 1.807) is 11.0 Å². The highest BCUT2D eigenvalue weighted by molar-refractivity contribution is 7.89. The fourth-order valence-corrected chi connectivity index (χ4v) is 5.12. The molecule has 0 aliphatic carbocycles. The van der Waals surface area contributed by atoms with E-state index >= 15 is 0 Å². The van der Waals surface area contributed by atoms with Crippen molar-refractivity contribution >= 4 is 27.3 Å². The smallest absolute Gasteiger partial charge is 0.335 e. The van der Waals surface area contributed by atoms with Crippen LogP contribution in [0.1, 0.15) is 20.1 Å². The van der Waals surface area contributed by atoms with Gasteiger partial charge < -0.3 is 4.90 Å². The number of hydrogen-bond donors (Lipinski definition) is 0. The van der Waals surface area contributed by atoms with Crippen molar-refractivity contribution in [1.82, 2.24) is 9.21 Å². The summed E-state index contributed by atoms with van der Waals surface area (Å²) in [5.74, 6) is -0.163. The highest BCUT2D eigenvalue weighted by Crippen LogP contribution is 2.31. The van der Waals surface area contributed by atoms with Gasteiger partial charge in [-0.05, 0) is 37.3 Å². The maximum absolute atomic E-state index is 12.8. The molecule has 146 valence electrons. The Morgan fingerprint density at radius 2 is 1.74 bits per heavy atom. The summed E-state index contributed by atoms with van der Waals surface area (Å²) in [4.78, 5) is 15.2. The first-order chi connectivity index (χ1) is 12.6. The fraction of sp³-hybridized carbons (Fsp3) is 0.353. The largest absolute Gasteiger partial charge is 0.416 e. The van der Waals surface area contributed by atoms with Gasteiger partial charge in [0, 0.05) is 31.1 Å². The maximum Gasteiger partial charge on any atom is 0.416 e. The lowest BCUT2D eigenvalue weighted by atomic mass is 10.2. The van der Waals surface area contributed by atoms with Gasteiger partial charge in [0.1, 0.15) is 0 Å². The molecule has 0 unspecified atom stereocenters. The van der Waals surface area contributed by atoms with Crippen LogP contribution < -0.4 is 0 Å². The van der Waals surface area contributed by atoms with Crippen molar-refractivity contribution in [3.63, 3.8) is 0 Å². The summed E-state index contributed by atoms with van der Waals surface area (Å²) in [6.45, 7) is 2.34. The molecular formula is C17H17F3N2O3S2. The number of piperazine rings is 1. The molecule has 2 heterocycles. The lowest BCUT2D eigenvalue weighted by molar-refractivity contribution is -0.137. The highest BCUT2D eigenvalue weighted by atomic mass is 32.2. The SMILES string of the molecule is Cc1ccc(C(=O)N2CCN(S(=O)(=O)c3cccc(C(F)(F)F)c3)CC2)s1. The second kappa shape index (κ2) is 7.25. The molecule has 5 nitrogen and oxygen atoms in total. The van der Waals surface area contributed by atoms with Crippen LogP contribution in [0.3, 0.4) is 0 Å². The standard InChI is InChI=1S/C17H17F3N2O3S2/c1-12-5-6-15(26-12)16(23)21-7-9-22(10-8-21)27(24,25)14-4-2-3-13(11-14)17(18,19)20/h2-6,11H,7-10H2,1H3. The van der Waals surface area contributed by atoms with Crippen LogP contribution in [0, 0.1) is 6.92 Å². The minimum absolute atomic E-state index is 0.0364. The van der Waals surface area contributed by atoms with E-state index in [9.17, 15) is 26.4 Å². The quantitative estimate of drug-likeness (QED) is 0.769. The maximum atomic E-state index is 12.8. The van der Waals surface area contributed by atoms with Gasteiger partial charge in [0.15, 0.2) is 0 Å². The van der Waals surface area contributed by atoms with Gasteiger partial charge in [0.05, 0.1) is 15.3 Å². The molecule has 1 aliphatic rings. The van der Waals surface area contributed by atoms with Crippen LogP contribution in [0.5, 0.6) is 0 Å². The molecule has 0 saturated carbocycles. The van der Waals surface area contributed by atoms with Crippen molar-refractivity contribution in [3.8, 4) is 0 Å². The van der Waals surface area contributed by atoms with Crippen LogP contribution in [0.4, 0.5) is 13.2 Å². The second-order valence-electron chi connectivity index (χ2n) is 6.13. The van der Waals surface area contributed by atoms with Gasteiger partial charge >= 0.3 is 6.18 Å². The zero-order valence-electron chi connectivity index (χ0n) is 14.4. The molecule has 27 heavy (non-hydrogen) atoms. The molecular weight excluding hydrogens is 401 g/mol. The first-order valence-corrected chi connectivity index (χ1v) is 10.4. The molecule has 1 aliphatic heterocycles. The van der Waals surface area contributed by atoms with E-state index in [0.29, 0.717) is 10.9 Å². The minimum Gasteiger partial charge on any atom is -0.335 e. The molecule has 0 bridgehead atoms. The van der Waals surface area contributed by atoms with Gasteiger partial charge in [0.25, 0.3) is 5.91 Å². The molecule has 0 N–H and O–H groups in total. The number of rotatable bonds is 3. The Balaban J connectivity index is 1.72. The Bertz CT molecular complexity index is 946. The third kappa shape index (κ3) is 4.17. The molecule has 1 fully saturated rings. The molecule has 3 rings (SSSR count). The Labute approximate surface area is 159 Å². The van der Waals surface area contributed by atoms with E-state index in [-0.39, 0.29) is 32.1 Å². The summed E-state index contributed by atoms with van der Waals surface area (Å²) in [5, 5.41) is 0. The Morgan fingerprint density at radius 1 is 1.07 bits per heavy atom. The topological polar surface area (TPSA) is 57.7 Å². The predicted octanol–water partition coefficient (Wildman–Crippen LogP) is 3.22. The van der Waals surface area contributed by atoms with Crippen molar-refractivity contribution in [2.45, 2.75) is 18.0 Å². The molecule has 10 heteroatoms. The predicted molar refractivity (Wildman–Crippen MR) is 95.2 cm³/mol. The van der Waals surface area contributed by atoms with Crippen molar-refractivity contribution in [3.05, 3.63) is 51.7 Å². The summed E-state index contributed by atoms with van der Waals surface area (Å²) in [6.07, 6.45) is -4.62. The summed E-state index contributed by atoms with van der Waals surface area (Å²) in [7, 11) is -4.06. The molecule has 1 amide bonds. The highest BCUT2D eigenvalue weighted by Gasteiger charge is 2.34. The van der Waals surface area contributed by atoms with E-state index in [0.717, 1.165) is 27.4 Å². The molecule has 1 aromatic carbocycles. The average molecular weight is 418 g/mol. The van der Waals surface area contributed by atoms with Gasteiger partial charge in [-0.15, -0.1) is 11.3 Å². The van der Waals surface area contributed by atoms with Gasteiger partial charge in [-0.1, -0.05) is 6.07 Å². The van der Waals surface area contributed by atoms with Crippen LogP contribution in [-0.4, -0.2) is 49.7 Å². The van der Waals surface area contributed by atoms with Crippen molar-refractivity contribution in [1.29, 1.82) is 0 Å². The number of amides is 1. The van der Waals surface area contributed by atoms with Crippen molar-refractivity contribution in [2.75, 3.05) is 26.2 Å². The van der Waals surface area contributed by atoms with E-state index in [2.05, 4.69) is 0 Å². The zero-order chi connectivity index (χ0) is 19.8. The monoisotopic (exact) mass is 418 g/mol. The van der Waals surface area contributed by atoms with E-state index in [4.69, 9.17) is 0 Å². The zero-order valence-corrected chi connectivity index (χ0v) is 16.0. The number of halogens is 3. The number of hydrogen-bond acceptors (Lipinski definition) is 4. The number of carbonyl (C=O) groups excluding carboxylic acids is 1.